The summed E-state index contributed by atoms with van der Waals surface area (Å²) in [5.74, 6) is 2.28. The number of hydrogen-bond acceptors (Lipinski definition) is 18. The Morgan fingerprint density at radius 3 is 0.380 bits per heavy atom. The average molecular weight is 1770 g/mol. The van der Waals surface area contributed by atoms with Crippen LogP contribution >= 0.6 is 0 Å². The number of rotatable bonds is 12. The van der Waals surface area contributed by atoms with Gasteiger partial charge >= 0.3 is 0 Å². The average Bonchev–Trinajstić information content (AvgIpc) is 1.19. The third kappa shape index (κ3) is 756. The standard InChI is InChI=1S/3C6H6O.6C4H10O.6C4H9.3C3H8O.3C2H6O.3CH4O.6Ti/c3*7-6-4-2-1-3-5-6;3*1-4(2,3)5;3*1-4(2)3-5;6*1-3-4-2;3*1-2-3-4;3*1-2-3;3*1-2;;;;;;/h3*1-5,7H;3*5H,1-3H3;3*4-5H,3H2,1-2H3;3*3H,4H2,1-2H3;3*1,3-4H2,2H3;3*4H,2-3H2,1H3;3*3H,2H2,1H3;3*2H,1H3;;;;;;/q;;;;;;;;;6*-1;;;;;;;;;;;;;;;. The predicted molar refractivity (Wildman–Crippen MR) is 452 cm³/mol. The van der Waals surface area contributed by atoms with E-state index in [0.29, 0.717) is 74.6 Å². The Labute approximate surface area is 763 Å². The molecule has 0 aliphatic rings. The van der Waals surface area contributed by atoms with Crippen molar-refractivity contribution in [3.8, 4) is 17.2 Å². The molecule has 0 radical (unpaired) electrons. The van der Waals surface area contributed by atoms with Gasteiger partial charge in [-0.2, -0.15) is 59.3 Å². The summed E-state index contributed by atoms with van der Waals surface area (Å²) in [5, 5.41) is 143. The first-order valence-corrected chi connectivity index (χ1v) is 36.4. The van der Waals surface area contributed by atoms with E-state index in [1.807, 2.05) is 80.5 Å². The zero-order chi connectivity index (χ0) is 86.5. The first kappa shape index (κ1) is 189. The topological polar surface area (TPSA) is 364 Å². The van der Waals surface area contributed by atoms with Crippen molar-refractivity contribution >= 4 is 0 Å². The second-order valence-electron chi connectivity index (χ2n) is 23.4. The van der Waals surface area contributed by atoms with Crippen molar-refractivity contribution in [3.63, 3.8) is 0 Å². The van der Waals surface area contributed by atoms with Crippen molar-refractivity contribution in [2.45, 2.75) is 302 Å². The van der Waals surface area contributed by atoms with Gasteiger partial charge in [0, 0.05) is 211 Å². The van der Waals surface area contributed by atoms with Gasteiger partial charge in [0.25, 0.3) is 0 Å². The molecule has 0 aliphatic carbocycles. The van der Waals surface area contributed by atoms with E-state index in [9.17, 15) is 0 Å². The molecule has 0 fully saturated rings. The number of phenols is 3. The second-order valence-corrected chi connectivity index (χ2v) is 23.4. The minimum atomic E-state index is -0.500. The van der Waals surface area contributed by atoms with Gasteiger partial charge in [0.05, 0.1) is 16.8 Å². The molecule has 0 unspecified atom stereocenters. The van der Waals surface area contributed by atoms with Gasteiger partial charge in [0.15, 0.2) is 0 Å². The van der Waals surface area contributed by atoms with Gasteiger partial charge in [-0.1, -0.05) is 178 Å². The Morgan fingerprint density at radius 1 is 0.287 bits per heavy atom. The van der Waals surface area contributed by atoms with Crippen molar-refractivity contribution in [3.05, 3.63) is 131 Å². The molecule has 660 valence electrons. The van der Waals surface area contributed by atoms with Crippen molar-refractivity contribution in [1.29, 1.82) is 0 Å². The van der Waals surface area contributed by atoms with Crippen LogP contribution in [0.1, 0.15) is 285 Å². The summed E-state index contributed by atoms with van der Waals surface area (Å²) in [6.07, 6.45) is 19.4. The molecule has 24 heteroatoms. The first-order chi connectivity index (χ1) is 47.5. The molecule has 0 amide bonds. The monoisotopic (exact) mass is 1770 g/mol. The maximum absolute atomic E-state index is 8.63. The molecule has 0 aromatic heterocycles. The molecule has 0 saturated heterocycles. The van der Waals surface area contributed by atoms with Crippen LogP contribution in [0.25, 0.3) is 0 Å². The SMILES string of the molecule is CC(C)(C)O.CC(C)(C)O.CC(C)(C)O.CC(C)CO.CC(C)CO.CC(C)CO.CCCO.CCCO.CCCO.CCO.CCO.CCO.CO.CO.CO.C[CH-]CC.C[CH-]CC.C[CH-]CC.Oc1ccccc1.Oc1ccccc1.Oc1ccccc1.[CH2-]CCC.[CH2-]CCC.[CH2-]CCC.[Ti].[Ti].[Ti].[Ti].[Ti].[Ti]. The summed E-state index contributed by atoms with van der Waals surface area (Å²) in [5.41, 5.74) is -1.50. The quantitative estimate of drug-likeness (QED) is 0.0591. The molecule has 108 heavy (non-hydrogen) atoms. The number of unbranched alkanes of at least 4 members (excludes halogenated alkanes) is 6. The third-order valence-electron chi connectivity index (χ3n) is 6.32. The molecule has 18 nitrogen and oxygen atoms in total. The van der Waals surface area contributed by atoms with Gasteiger partial charge in [-0.25, -0.2) is 0 Å². The molecule has 0 spiro atoms. The molecular weight excluding hydrogens is 1580 g/mol. The van der Waals surface area contributed by atoms with E-state index < -0.39 is 16.8 Å². The Bertz CT molecular complexity index is 1190. The number of aliphatic hydroxyl groups excluding tert-OH is 12. The molecule has 0 saturated carbocycles. The number of hydrogen-bond donors (Lipinski definition) is 18. The van der Waals surface area contributed by atoms with E-state index in [1.165, 1.54) is 38.5 Å². The van der Waals surface area contributed by atoms with Crippen LogP contribution in [0.5, 0.6) is 17.2 Å². The van der Waals surface area contributed by atoms with E-state index >= 15 is 0 Å². The van der Waals surface area contributed by atoms with Crippen LogP contribution in [0.3, 0.4) is 0 Å². The second kappa shape index (κ2) is 214. The molecule has 0 heterocycles. The van der Waals surface area contributed by atoms with Crippen molar-refractivity contribution in [2.75, 3.05) is 80.8 Å². The summed E-state index contributed by atoms with van der Waals surface area (Å²) < 4.78 is 0. The van der Waals surface area contributed by atoms with Crippen LogP contribution in [-0.2, 0) is 130 Å². The van der Waals surface area contributed by atoms with E-state index in [0.717, 1.165) is 59.9 Å². The van der Waals surface area contributed by atoms with Crippen LogP contribution in [0.2, 0.25) is 0 Å². The molecule has 0 aliphatic heterocycles. The fraction of sp³-hybridized carbons (Fsp3) is 0.714. The smallest absolute Gasteiger partial charge is 0.115 e. The maximum atomic E-state index is 8.63. The normalized spacial score (nSPS) is 7.83. The molecule has 3 rings (SSSR count). The summed E-state index contributed by atoms with van der Waals surface area (Å²) in [4.78, 5) is 0. The zero-order valence-electron chi connectivity index (χ0n) is 76.1. The molecule has 18 N–H and O–H groups in total. The van der Waals surface area contributed by atoms with Crippen LogP contribution in [0.4, 0.5) is 0 Å². The fourth-order valence-electron chi connectivity index (χ4n) is 1.28. The summed E-state index contributed by atoms with van der Waals surface area (Å²) in [7, 11) is 3.00. The Morgan fingerprint density at radius 2 is 0.361 bits per heavy atom. The van der Waals surface area contributed by atoms with Gasteiger partial charge in [-0.05, 0) is 156 Å². The third-order valence-corrected chi connectivity index (χ3v) is 6.32. The van der Waals surface area contributed by atoms with E-state index in [1.54, 1.807) is 156 Å². The van der Waals surface area contributed by atoms with Crippen LogP contribution in [-0.4, -0.2) is 190 Å². The van der Waals surface area contributed by atoms with Crippen molar-refractivity contribution in [1.82, 2.24) is 0 Å². The number of phenolic OH excluding ortho intramolecular Hbond substituents is 3. The van der Waals surface area contributed by atoms with E-state index in [4.69, 9.17) is 91.9 Å². The van der Waals surface area contributed by atoms with E-state index in [2.05, 4.69) is 102 Å². The predicted octanol–water partition coefficient (Wildman–Crippen LogP) is 18.1. The van der Waals surface area contributed by atoms with Crippen LogP contribution in [0.15, 0.2) is 91.0 Å². The first-order valence-electron chi connectivity index (χ1n) is 36.4. The Hall–Kier alpha value is 0.746. The minimum Gasteiger partial charge on any atom is -0.508 e. The van der Waals surface area contributed by atoms with Gasteiger partial charge in [0.1, 0.15) is 17.2 Å². The van der Waals surface area contributed by atoms with Crippen LogP contribution < -0.4 is 0 Å². The van der Waals surface area contributed by atoms with Gasteiger partial charge < -0.3 is 132 Å². The Kier molecular flexibility index (Phi) is 374. The minimum absolute atomic E-state index is 0. The van der Waals surface area contributed by atoms with E-state index in [-0.39, 0.29) is 150 Å². The number of para-hydroxylation sites is 3. The maximum Gasteiger partial charge on any atom is 0.115 e. The van der Waals surface area contributed by atoms with Gasteiger partial charge in [0.2, 0.25) is 0 Å². The van der Waals surface area contributed by atoms with Crippen molar-refractivity contribution < 1.29 is 222 Å². The fourth-order valence-corrected chi connectivity index (χ4v) is 1.28. The molecular formula is C84H186O18Ti6-6. The summed E-state index contributed by atoms with van der Waals surface area (Å²) in [6, 6.07) is 26.1. The van der Waals surface area contributed by atoms with Gasteiger partial charge in [-0.15, -0.1) is 0 Å². The molecule has 3 aromatic carbocycles. The summed E-state index contributed by atoms with van der Waals surface area (Å²) >= 11 is 0. The van der Waals surface area contributed by atoms with Crippen molar-refractivity contribution in [2.24, 2.45) is 17.8 Å². The largest absolute Gasteiger partial charge is 0.508 e. The molecule has 0 atom stereocenters. The summed E-state index contributed by atoms with van der Waals surface area (Å²) in [6.45, 7) is 70.7. The number of benzene rings is 3. The Balaban J connectivity index is -0.0000000255. The number of aromatic hydroxyl groups is 3. The zero-order valence-corrected chi connectivity index (χ0v) is 85.5. The van der Waals surface area contributed by atoms with Gasteiger partial charge in [-0.3, -0.25) is 0 Å². The number of aliphatic hydroxyl groups is 15. The molecule has 0 bridgehead atoms. The molecule has 3 aromatic rings. The van der Waals surface area contributed by atoms with Crippen LogP contribution in [0, 0.1) is 57.8 Å².